The SMILES string of the molecule is CCC1C2CNCC2CN1C(C)Cc1ccc(OC)cc1. The summed E-state index contributed by atoms with van der Waals surface area (Å²) < 4.78 is 5.24. The fraction of sp³-hybridized carbons (Fsp3) is 0.667. The maximum absolute atomic E-state index is 5.24. The van der Waals surface area contributed by atoms with Crippen LogP contribution in [0.3, 0.4) is 0 Å². The van der Waals surface area contributed by atoms with Gasteiger partial charge in [-0.05, 0) is 62.4 Å². The van der Waals surface area contributed by atoms with Crippen LogP contribution in [-0.2, 0) is 6.42 Å². The van der Waals surface area contributed by atoms with Crippen molar-refractivity contribution < 1.29 is 4.74 Å². The zero-order valence-electron chi connectivity index (χ0n) is 13.5. The largest absolute Gasteiger partial charge is 0.497 e. The summed E-state index contributed by atoms with van der Waals surface area (Å²) in [6.45, 7) is 8.44. The number of nitrogens with zero attached hydrogens (tertiary/aromatic N) is 1. The van der Waals surface area contributed by atoms with Gasteiger partial charge in [0.2, 0.25) is 0 Å². The molecule has 0 aromatic heterocycles. The van der Waals surface area contributed by atoms with Crippen LogP contribution in [0.2, 0.25) is 0 Å². The first kappa shape index (κ1) is 14.9. The highest BCUT2D eigenvalue weighted by Crippen LogP contribution is 2.36. The summed E-state index contributed by atoms with van der Waals surface area (Å²) in [5.74, 6) is 2.68. The molecule has 3 rings (SSSR count). The van der Waals surface area contributed by atoms with Crippen LogP contribution in [0.4, 0.5) is 0 Å². The zero-order valence-corrected chi connectivity index (χ0v) is 13.5. The summed E-state index contributed by atoms with van der Waals surface area (Å²) in [4.78, 5) is 2.76. The van der Waals surface area contributed by atoms with Crippen molar-refractivity contribution in [1.29, 1.82) is 0 Å². The zero-order chi connectivity index (χ0) is 14.8. The second-order valence-corrected chi connectivity index (χ2v) is 6.66. The summed E-state index contributed by atoms with van der Waals surface area (Å²) >= 11 is 0. The quantitative estimate of drug-likeness (QED) is 0.901. The van der Waals surface area contributed by atoms with E-state index in [2.05, 4.69) is 48.3 Å². The maximum atomic E-state index is 5.24. The molecule has 2 aliphatic heterocycles. The number of hydrogen-bond donors (Lipinski definition) is 1. The number of methoxy groups -OCH3 is 1. The highest BCUT2D eigenvalue weighted by atomic mass is 16.5. The van der Waals surface area contributed by atoms with Crippen LogP contribution in [0.5, 0.6) is 5.75 Å². The lowest BCUT2D eigenvalue weighted by molar-refractivity contribution is 0.164. The number of rotatable bonds is 5. The second kappa shape index (κ2) is 6.37. The van der Waals surface area contributed by atoms with Crippen molar-refractivity contribution in [2.45, 2.75) is 38.8 Å². The highest BCUT2D eigenvalue weighted by molar-refractivity contribution is 5.27. The molecule has 4 atom stereocenters. The third-order valence-electron chi connectivity index (χ3n) is 5.43. The van der Waals surface area contributed by atoms with Crippen LogP contribution < -0.4 is 10.1 Å². The Labute approximate surface area is 128 Å². The van der Waals surface area contributed by atoms with Crippen molar-refractivity contribution in [3.8, 4) is 5.75 Å². The number of ether oxygens (including phenoxy) is 1. The summed E-state index contributed by atoms with van der Waals surface area (Å²) in [5, 5.41) is 3.57. The van der Waals surface area contributed by atoms with Gasteiger partial charge in [-0.15, -0.1) is 0 Å². The van der Waals surface area contributed by atoms with Crippen LogP contribution in [-0.4, -0.2) is 43.7 Å². The Bertz CT molecular complexity index is 459. The Balaban J connectivity index is 1.65. The van der Waals surface area contributed by atoms with Crippen molar-refractivity contribution in [3.05, 3.63) is 29.8 Å². The first-order chi connectivity index (χ1) is 10.2. The summed E-state index contributed by atoms with van der Waals surface area (Å²) in [6.07, 6.45) is 2.41. The minimum atomic E-state index is 0.619. The molecule has 1 aromatic carbocycles. The van der Waals surface area contributed by atoms with Crippen molar-refractivity contribution in [3.63, 3.8) is 0 Å². The van der Waals surface area contributed by atoms with Gasteiger partial charge in [-0.1, -0.05) is 19.1 Å². The Morgan fingerprint density at radius 3 is 2.71 bits per heavy atom. The molecule has 0 radical (unpaired) electrons. The van der Waals surface area contributed by atoms with Crippen LogP contribution in [0, 0.1) is 11.8 Å². The molecule has 4 unspecified atom stereocenters. The van der Waals surface area contributed by atoms with Crippen LogP contribution >= 0.6 is 0 Å². The summed E-state index contributed by atoms with van der Waals surface area (Å²) in [5.41, 5.74) is 1.41. The van der Waals surface area contributed by atoms with Crippen molar-refractivity contribution in [1.82, 2.24) is 10.2 Å². The van der Waals surface area contributed by atoms with Gasteiger partial charge in [-0.3, -0.25) is 4.90 Å². The van der Waals surface area contributed by atoms with E-state index < -0.39 is 0 Å². The van der Waals surface area contributed by atoms with Gasteiger partial charge in [-0.2, -0.15) is 0 Å². The van der Waals surface area contributed by atoms with E-state index in [4.69, 9.17) is 4.74 Å². The number of hydrogen-bond acceptors (Lipinski definition) is 3. The molecule has 2 fully saturated rings. The van der Waals surface area contributed by atoms with E-state index >= 15 is 0 Å². The third-order valence-corrected chi connectivity index (χ3v) is 5.43. The van der Waals surface area contributed by atoms with Gasteiger partial charge in [0, 0.05) is 18.6 Å². The van der Waals surface area contributed by atoms with E-state index in [9.17, 15) is 0 Å². The predicted molar refractivity (Wildman–Crippen MR) is 86.8 cm³/mol. The summed E-state index contributed by atoms with van der Waals surface area (Å²) in [6, 6.07) is 9.93. The lowest BCUT2D eigenvalue weighted by atomic mass is 9.92. The minimum absolute atomic E-state index is 0.619. The van der Waals surface area contributed by atoms with Crippen molar-refractivity contribution in [2.75, 3.05) is 26.7 Å². The molecule has 1 N–H and O–H groups in total. The van der Waals surface area contributed by atoms with E-state index in [1.807, 2.05) is 0 Å². The summed E-state index contributed by atoms with van der Waals surface area (Å²) in [7, 11) is 1.72. The lowest BCUT2D eigenvalue weighted by Gasteiger charge is -2.32. The Hall–Kier alpha value is -1.06. The van der Waals surface area contributed by atoms with Gasteiger partial charge in [-0.25, -0.2) is 0 Å². The normalized spacial score (nSPS) is 30.3. The topological polar surface area (TPSA) is 24.5 Å². The van der Waals surface area contributed by atoms with E-state index in [1.165, 1.54) is 31.6 Å². The molecule has 0 aliphatic carbocycles. The second-order valence-electron chi connectivity index (χ2n) is 6.66. The molecular formula is C18H28N2O. The Morgan fingerprint density at radius 1 is 1.29 bits per heavy atom. The predicted octanol–water partition coefficient (Wildman–Crippen LogP) is 2.56. The molecule has 3 nitrogen and oxygen atoms in total. The van der Waals surface area contributed by atoms with E-state index in [0.717, 1.165) is 30.0 Å². The van der Waals surface area contributed by atoms with Crippen molar-refractivity contribution in [2.24, 2.45) is 11.8 Å². The third kappa shape index (κ3) is 2.95. The fourth-order valence-corrected chi connectivity index (χ4v) is 4.32. The van der Waals surface area contributed by atoms with Gasteiger partial charge in [0.15, 0.2) is 0 Å². The molecule has 0 amide bonds. The van der Waals surface area contributed by atoms with Gasteiger partial charge < -0.3 is 10.1 Å². The molecule has 3 heteroatoms. The number of nitrogens with one attached hydrogen (secondary N) is 1. The van der Waals surface area contributed by atoms with Gasteiger partial charge in [0.25, 0.3) is 0 Å². The van der Waals surface area contributed by atoms with E-state index in [0.29, 0.717) is 6.04 Å². The molecule has 1 aromatic rings. The molecule has 21 heavy (non-hydrogen) atoms. The molecular weight excluding hydrogens is 260 g/mol. The molecule has 2 heterocycles. The molecule has 0 spiro atoms. The highest BCUT2D eigenvalue weighted by Gasteiger charge is 2.44. The molecule has 116 valence electrons. The smallest absolute Gasteiger partial charge is 0.118 e. The van der Waals surface area contributed by atoms with E-state index in [1.54, 1.807) is 7.11 Å². The van der Waals surface area contributed by atoms with Crippen molar-refractivity contribution >= 4 is 0 Å². The lowest BCUT2D eigenvalue weighted by Crippen LogP contribution is -2.42. The number of fused-ring (bicyclic) bond motifs is 1. The molecule has 0 saturated carbocycles. The fourth-order valence-electron chi connectivity index (χ4n) is 4.32. The van der Waals surface area contributed by atoms with Gasteiger partial charge in [0.05, 0.1) is 7.11 Å². The average molecular weight is 288 g/mol. The molecule has 2 saturated heterocycles. The minimum Gasteiger partial charge on any atom is -0.497 e. The van der Waals surface area contributed by atoms with E-state index in [-0.39, 0.29) is 0 Å². The van der Waals surface area contributed by atoms with Crippen LogP contribution in [0.25, 0.3) is 0 Å². The molecule has 0 bridgehead atoms. The number of likely N-dealkylation sites (tertiary alicyclic amines) is 1. The monoisotopic (exact) mass is 288 g/mol. The molecule has 2 aliphatic rings. The Kier molecular flexibility index (Phi) is 4.51. The van der Waals surface area contributed by atoms with Crippen LogP contribution in [0.1, 0.15) is 25.8 Å². The Morgan fingerprint density at radius 2 is 2.05 bits per heavy atom. The first-order valence-electron chi connectivity index (χ1n) is 8.32. The average Bonchev–Trinajstić information content (AvgIpc) is 3.08. The maximum Gasteiger partial charge on any atom is 0.118 e. The number of benzene rings is 1. The van der Waals surface area contributed by atoms with Gasteiger partial charge >= 0.3 is 0 Å². The standard InChI is InChI=1S/C18H28N2O/c1-4-18-17-11-19-10-15(17)12-20(18)13(2)9-14-5-7-16(21-3)8-6-14/h5-8,13,15,17-19H,4,9-12H2,1-3H3. The first-order valence-corrected chi connectivity index (χ1v) is 8.32. The van der Waals surface area contributed by atoms with Gasteiger partial charge in [0.1, 0.15) is 5.75 Å². The van der Waals surface area contributed by atoms with Crippen LogP contribution in [0.15, 0.2) is 24.3 Å².